The Morgan fingerprint density at radius 1 is 1.12 bits per heavy atom. The topological polar surface area (TPSA) is 115 Å². The highest BCUT2D eigenvalue weighted by Gasteiger charge is 2.45. The van der Waals surface area contributed by atoms with Crippen LogP contribution in [-0.2, 0) is 20.8 Å². The fourth-order valence-corrected chi connectivity index (χ4v) is 4.43. The van der Waals surface area contributed by atoms with Crippen molar-refractivity contribution in [1.29, 1.82) is 0 Å². The second kappa shape index (κ2) is 11.4. The lowest BCUT2D eigenvalue weighted by Gasteiger charge is -2.47. The first kappa shape index (κ1) is 26.2. The van der Waals surface area contributed by atoms with Crippen molar-refractivity contribution in [2.45, 2.75) is 76.3 Å². The highest BCUT2D eigenvalue weighted by atomic mass is 16.6. The van der Waals surface area contributed by atoms with Crippen molar-refractivity contribution in [2.75, 3.05) is 32.8 Å². The molecule has 0 radical (unpaired) electrons. The maximum atomic E-state index is 12.8. The van der Waals surface area contributed by atoms with Gasteiger partial charge in [-0.2, -0.15) is 0 Å². The Bertz CT molecular complexity index is 807. The summed E-state index contributed by atoms with van der Waals surface area (Å²) in [6.07, 6.45) is 1.78. The molecule has 2 amide bonds. The van der Waals surface area contributed by atoms with Gasteiger partial charge in [0, 0.05) is 19.6 Å². The van der Waals surface area contributed by atoms with E-state index in [1.54, 1.807) is 9.80 Å². The van der Waals surface area contributed by atoms with Crippen LogP contribution in [-0.4, -0.2) is 83.2 Å². The summed E-state index contributed by atoms with van der Waals surface area (Å²) >= 11 is 0. The molecule has 1 aromatic rings. The first-order valence-corrected chi connectivity index (χ1v) is 12.1. The van der Waals surface area contributed by atoms with Crippen molar-refractivity contribution in [3.8, 4) is 0 Å². The lowest BCUT2D eigenvalue weighted by molar-refractivity contribution is -0.0652. The SMILES string of the molecule is CC(C)(C)OC(=O)N1CCC[C@@](N)(CO)[C@@H]1COC1CCN(C(=O)OCc2ccccc2)CC1. The summed E-state index contributed by atoms with van der Waals surface area (Å²) in [5.41, 5.74) is 5.88. The van der Waals surface area contributed by atoms with Crippen LogP contribution < -0.4 is 5.73 Å². The number of hydrogen-bond donors (Lipinski definition) is 2. The average molecular weight is 478 g/mol. The van der Waals surface area contributed by atoms with E-state index in [-0.39, 0.29) is 32.0 Å². The number of piperidine rings is 2. The number of hydrogen-bond acceptors (Lipinski definition) is 7. The fourth-order valence-electron chi connectivity index (χ4n) is 4.43. The number of aliphatic hydroxyl groups excluding tert-OH is 1. The molecule has 2 aliphatic heterocycles. The maximum absolute atomic E-state index is 12.8. The summed E-state index contributed by atoms with van der Waals surface area (Å²) in [6, 6.07) is 9.09. The van der Waals surface area contributed by atoms with Gasteiger partial charge in [0.15, 0.2) is 0 Å². The van der Waals surface area contributed by atoms with Gasteiger partial charge in [-0.15, -0.1) is 0 Å². The van der Waals surface area contributed by atoms with Crippen LogP contribution in [0.25, 0.3) is 0 Å². The van der Waals surface area contributed by atoms with Crippen LogP contribution in [0.3, 0.4) is 0 Å². The smallest absolute Gasteiger partial charge is 0.410 e. The number of ether oxygens (including phenoxy) is 3. The average Bonchev–Trinajstić information content (AvgIpc) is 2.81. The number of benzene rings is 1. The van der Waals surface area contributed by atoms with Gasteiger partial charge in [-0.1, -0.05) is 30.3 Å². The largest absolute Gasteiger partial charge is 0.445 e. The zero-order valence-corrected chi connectivity index (χ0v) is 20.6. The third-order valence-corrected chi connectivity index (χ3v) is 6.40. The van der Waals surface area contributed by atoms with Gasteiger partial charge in [-0.3, -0.25) is 0 Å². The van der Waals surface area contributed by atoms with Crippen molar-refractivity contribution >= 4 is 12.2 Å². The van der Waals surface area contributed by atoms with E-state index >= 15 is 0 Å². The normalized spacial score (nSPS) is 24.1. The Morgan fingerprint density at radius 3 is 2.41 bits per heavy atom. The molecular formula is C25H39N3O6. The van der Waals surface area contributed by atoms with E-state index < -0.39 is 23.3 Å². The number of likely N-dealkylation sites (tertiary alicyclic amines) is 2. The lowest BCUT2D eigenvalue weighted by atomic mass is 9.83. The summed E-state index contributed by atoms with van der Waals surface area (Å²) in [5.74, 6) is 0. The van der Waals surface area contributed by atoms with Crippen LogP contribution in [0.4, 0.5) is 9.59 Å². The zero-order valence-electron chi connectivity index (χ0n) is 20.6. The monoisotopic (exact) mass is 477 g/mol. The Morgan fingerprint density at radius 2 is 1.79 bits per heavy atom. The van der Waals surface area contributed by atoms with Crippen molar-refractivity contribution in [3.05, 3.63) is 35.9 Å². The summed E-state index contributed by atoms with van der Waals surface area (Å²) in [5, 5.41) is 10.0. The van der Waals surface area contributed by atoms with E-state index in [1.807, 2.05) is 51.1 Å². The molecule has 0 saturated carbocycles. The quantitative estimate of drug-likeness (QED) is 0.647. The first-order valence-electron chi connectivity index (χ1n) is 12.1. The van der Waals surface area contributed by atoms with Gasteiger partial charge in [-0.05, 0) is 52.0 Å². The Kier molecular flexibility index (Phi) is 8.78. The zero-order chi connectivity index (χ0) is 24.8. The molecule has 2 fully saturated rings. The van der Waals surface area contributed by atoms with Crippen LogP contribution in [0.5, 0.6) is 0 Å². The molecule has 0 unspecified atom stereocenters. The number of carbonyl (C=O) groups excluding carboxylic acids is 2. The van der Waals surface area contributed by atoms with Crippen LogP contribution in [0.15, 0.2) is 30.3 Å². The standard InChI is InChI=1S/C25H39N3O6/c1-24(2,3)34-23(31)28-13-7-12-25(26,18-29)21(28)17-32-20-10-14-27(15-11-20)22(30)33-16-19-8-5-4-6-9-19/h4-6,8-9,20-21,29H,7,10-18,26H2,1-3H3/t21-,25+/m0/s1. The number of aliphatic hydroxyl groups is 1. The second-order valence-electron chi connectivity index (χ2n) is 10.2. The van der Waals surface area contributed by atoms with Crippen LogP contribution in [0.2, 0.25) is 0 Å². The minimum atomic E-state index is -0.947. The number of carbonyl (C=O) groups is 2. The molecule has 0 bridgehead atoms. The third kappa shape index (κ3) is 7.07. The molecule has 9 heteroatoms. The van der Waals surface area contributed by atoms with Gasteiger partial charge in [-0.25, -0.2) is 9.59 Å². The fraction of sp³-hybridized carbons (Fsp3) is 0.680. The molecule has 3 rings (SSSR count). The predicted octanol–water partition coefficient (Wildman–Crippen LogP) is 2.89. The molecule has 190 valence electrons. The van der Waals surface area contributed by atoms with Crippen molar-refractivity contribution in [3.63, 3.8) is 0 Å². The molecule has 0 aliphatic carbocycles. The number of rotatable bonds is 6. The molecule has 1 aromatic carbocycles. The molecule has 0 aromatic heterocycles. The van der Waals surface area contributed by atoms with Crippen molar-refractivity contribution in [2.24, 2.45) is 5.73 Å². The summed E-state index contributed by atoms with van der Waals surface area (Å²) in [7, 11) is 0. The summed E-state index contributed by atoms with van der Waals surface area (Å²) < 4.78 is 17.2. The Balaban J connectivity index is 1.50. The van der Waals surface area contributed by atoms with Gasteiger partial charge < -0.3 is 34.9 Å². The van der Waals surface area contributed by atoms with Gasteiger partial charge in [0.05, 0.1) is 30.9 Å². The highest BCUT2D eigenvalue weighted by molar-refractivity contribution is 5.69. The summed E-state index contributed by atoms with van der Waals surface area (Å²) in [6.45, 7) is 7.25. The van der Waals surface area contributed by atoms with Gasteiger partial charge in [0.25, 0.3) is 0 Å². The minimum Gasteiger partial charge on any atom is -0.445 e. The predicted molar refractivity (Wildman–Crippen MR) is 127 cm³/mol. The van der Waals surface area contributed by atoms with E-state index in [0.29, 0.717) is 45.3 Å². The summed E-state index contributed by atoms with van der Waals surface area (Å²) in [4.78, 5) is 28.5. The highest BCUT2D eigenvalue weighted by Crippen LogP contribution is 2.28. The molecule has 2 atom stereocenters. The van der Waals surface area contributed by atoms with Gasteiger partial charge in [0.2, 0.25) is 0 Å². The molecule has 34 heavy (non-hydrogen) atoms. The maximum Gasteiger partial charge on any atom is 0.410 e. The van der Waals surface area contributed by atoms with E-state index in [0.717, 1.165) is 5.56 Å². The van der Waals surface area contributed by atoms with Crippen molar-refractivity contribution in [1.82, 2.24) is 9.80 Å². The molecule has 9 nitrogen and oxygen atoms in total. The number of nitrogens with two attached hydrogens (primary N) is 1. The van der Waals surface area contributed by atoms with Crippen LogP contribution in [0, 0.1) is 0 Å². The van der Waals surface area contributed by atoms with E-state index in [4.69, 9.17) is 19.9 Å². The van der Waals surface area contributed by atoms with Crippen LogP contribution >= 0.6 is 0 Å². The first-order chi connectivity index (χ1) is 16.1. The molecule has 2 saturated heterocycles. The van der Waals surface area contributed by atoms with E-state index in [2.05, 4.69) is 0 Å². The second-order valence-corrected chi connectivity index (χ2v) is 10.2. The van der Waals surface area contributed by atoms with Crippen LogP contribution in [0.1, 0.15) is 52.0 Å². The third-order valence-electron chi connectivity index (χ3n) is 6.40. The molecule has 2 aliphatic rings. The van der Waals surface area contributed by atoms with E-state index in [1.165, 1.54) is 0 Å². The lowest BCUT2D eigenvalue weighted by Crippen LogP contribution is -2.67. The van der Waals surface area contributed by atoms with Crippen molar-refractivity contribution < 1.29 is 28.9 Å². The Hall–Kier alpha value is -2.36. The Labute approximate surface area is 202 Å². The van der Waals surface area contributed by atoms with Gasteiger partial charge in [0.1, 0.15) is 12.2 Å². The molecule has 0 spiro atoms. The number of amides is 2. The molecular weight excluding hydrogens is 438 g/mol. The van der Waals surface area contributed by atoms with Gasteiger partial charge >= 0.3 is 12.2 Å². The molecule has 3 N–H and O–H groups in total. The minimum absolute atomic E-state index is 0.0662. The number of nitrogens with zero attached hydrogens (tertiary/aromatic N) is 2. The molecule has 2 heterocycles. The van der Waals surface area contributed by atoms with E-state index in [9.17, 15) is 14.7 Å².